The monoisotopic (exact) mass is 188 g/mol. The van der Waals surface area contributed by atoms with Crippen LogP contribution in [0.3, 0.4) is 0 Å². The van der Waals surface area contributed by atoms with Gasteiger partial charge in [-0.2, -0.15) is 0 Å². The molecule has 1 aliphatic heterocycles. The van der Waals surface area contributed by atoms with E-state index in [1.807, 2.05) is 0 Å². The van der Waals surface area contributed by atoms with Gasteiger partial charge in [-0.05, 0) is 19.4 Å². The van der Waals surface area contributed by atoms with Gasteiger partial charge in [-0.15, -0.1) is 0 Å². The Hall–Kier alpha value is -0.160. The molecule has 0 bridgehead atoms. The van der Waals surface area contributed by atoms with Gasteiger partial charge < -0.3 is 15.2 Å². The molecule has 0 aliphatic carbocycles. The van der Waals surface area contributed by atoms with Crippen LogP contribution in [0, 0.1) is 0 Å². The summed E-state index contributed by atoms with van der Waals surface area (Å²) in [6, 6.07) is 0.227. The number of hydrogen-bond donors (Lipinski definition) is 2. The second-order valence-electron chi connectivity index (χ2n) is 3.41. The number of hydrogen-bond acceptors (Lipinski definition) is 4. The van der Waals surface area contributed by atoms with E-state index in [4.69, 9.17) is 15.2 Å². The van der Waals surface area contributed by atoms with Gasteiger partial charge in [0.05, 0.1) is 26.0 Å². The predicted octanol–water partition coefficient (Wildman–Crippen LogP) is 0.0763. The molecule has 1 saturated heterocycles. The van der Waals surface area contributed by atoms with E-state index in [0.717, 1.165) is 19.4 Å². The van der Waals surface area contributed by atoms with Crippen LogP contribution >= 0.6 is 0 Å². The lowest BCUT2D eigenvalue weighted by molar-refractivity contribution is -0.0498. The predicted molar refractivity (Wildman–Crippen MR) is 51.4 cm³/mol. The Morgan fingerprint density at radius 1 is 1.54 bits per heavy atom. The minimum atomic E-state index is 0.227. The molecule has 1 fully saturated rings. The lowest BCUT2D eigenvalue weighted by atomic mass is 10.1. The van der Waals surface area contributed by atoms with E-state index in [9.17, 15) is 0 Å². The van der Waals surface area contributed by atoms with Crippen LogP contribution < -0.4 is 11.1 Å². The fourth-order valence-electron chi connectivity index (χ4n) is 1.32. The summed E-state index contributed by atoms with van der Waals surface area (Å²) >= 11 is 0. The molecule has 2 atom stereocenters. The second kappa shape index (κ2) is 6.32. The van der Waals surface area contributed by atoms with Crippen molar-refractivity contribution in [2.45, 2.75) is 31.9 Å². The van der Waals surface area contributed by atoms with Gasteiger partial charge in [0, 0.05) is 6.04 Å². The highest BCUT2D eigenvalue weighted by Gasteiger charge is 2.18. The molecule has 0 aromatic rings. The average Bonchev–Trinajstić information content (AvgIpc) is 2.15. The van der Waals surface area contributed by atoms with Crippen LogP contribution in [0.1, 0.15) is 19.8 Å². The van der Waals surface area contributed by atoms with Crippen LogP contribution in [-0.4, -0.2) is 38.6 Å². The number of ether oxygens (including phenoxy) is 2. The molecule has 4 heteroatoms. The van der Waals surface area contributed by atoms with Crippen molar-refractivity contribution in [1.29, 1.82) is 0 Å². The maximum atomic E-state index is 5.70. The first-order chi connectivity index (χ1) is 6.33. The van der Waals surface area contributed by atoms with Crippen molar-refractivity contribution in [3.63, 3.8) is 0 Å². The molecule has 4 nitrogen and oxygen atoms in total. The van der Waals surface area contributed by atoms with Crippen molar-refractivity contribution in [3.05, 3.63) is 0 Å². The third-order valence-electron chi connectivity index (χ3n) is 2.16. The highest BCUT2D eigenvalue weighted by molar-refractivity contribution is 4.71. The van der Waals surface area contributed by atoms with Crippen LogP contribution in [0.4, 0.5) is 0 Å². The summed E-state index contributed by atoms with van der Waals surface area (Å²) in [6.45, 7) is 4.97. The zero-order valence-electron chi connectivity index (χ0n) is 8.29. The Morgan fingerprint density at radius 3 is 3.00 bits per heavy atom. The molecule has 78 valence electrons. The van der Waals surface area contributed by atoms with E-state index < -0.39 is 0 Å². The number of nitrogens with one attached hydrogen (secondary N) is 1. The Kier molecular flexibility index (Phi) is 5.31. The van der Waals surface area contributed by atoms with Gasteiger partial charge in [0.25, 0.3) is 0 Å². The Balaban J connectivity index is 1.96. The highest BCUT2D eigenvalue weighted by atomic mass is 16.5. The Labute approximate surface area is 79.8 Å². The normalized spacial score (nSPS) is 29.1. The van der Waals surface area contributed by atoms with E-state index in [-0.39, 0.29) is 12.1 Å². The van der Waals surface area contributed by atoms with Gasteiger partial charge in [0.2, 0.25) is 0 Å². The first kappa shape index (κ1) is 10.9. The Bertz CT molecular complexity index is 125. The van der Waals surface area contributed by atoms with Crippen LogP contribution in [0.2, 0.25) is 0 Å². The SMILES string of the molecule is CCNCOC[C@@H]1CC[C@@H](N)CO1. The van der Waals surface area contributed by atoms with E-state index in [0.29, 0.717) is 19.9 Å². The number of rotatable bonds is 5. The summed E-state index contributed by atoms with van der Waals surface area (Å²) in [5, 5.41) is 3.09. The van der Waals surface area contributed by atoms with E-state index >= 15 is 0 Å². The molecule has 0 unspecified atom stereocenters. The van der Waals surface area contributed by atoms with Gasteiger partial charge in [0.1, 0.15) is 0 Å². The lowest BCUT2D eigenvalue weighted by Crippen LogP contribution is -2.37. The summed E-state index contributed by atoms with van der Waals surface area (Å²) in [5.74, 6) is 0. The third kappa shape index (κ3) is 4.57. The van der Waals surface area contributed by atoms with E-state index in [1.54, 1.807) is 0 Å². The smallest absolute Gasteiger partial charge is 0.0966 e. The topological polar surface area (TPSA) is 56.5 Å². The van der Waals surface area contributed by atoms with Crippen molar-refractivity contribution in [3.8, 4) is 0 Å². The molecular weight excluding hydrogens is 168 g/mol. The maximum absolute atomic E-state index is 5.70. The van der Waals surface area contributed by atoms with Gasteiger partial charge in [0.15, 0.2) is 0 Å². The van der Waals surface area contributed by atoms with Crippen LogP contribution in [0.5, 0.6) is 0 Å². The standard InChI is InChI=1S/C9H20N2O2/c1-2-11-7-12-6-9-4-3-8(10)5-13-9/h8-9,11H,2-7,10H2,1H3/t8-,9+/m1/s1. The van der Waals surface area contributed by atoms with E-state index in [2.05, 4.69) is 12.2 Å². The molecule has 1 rings (SSSR count). The van der Waals surface area contributed by atoms with Gasteiger partial charge in [-0.25, -0.2) is 0 Å². The van der Waals surface area contributed by atoms with Crippen molar-refractivity contribution < 1.29 is 9.47 Å². The molecule has 1 heterocycles. The van der Waals surface area contributed by atoms with Crippen LogP contribution in [0.15, 0.2) is 0 Å². The van der Waals surface area contributed by atoms with Crippen LogP contribution in [0.25, 0.3) is 0 Å². The molecule has 0 radical (unpaired) electrons. The summed E-state index contributed by atoms with van der Waals surface area (Å²) in [6.07, 6.45) is 2.32. The minimum Gasteiger partial charge on any atom is -0.374 e. The number of nitrogens with two attached hydrogens (primary N) is 1. The summed E-state index contributed by atoms with van der Waals surface area (Å²) in [4.78, 5) is 0. The van der Waals surface area contributed by atoms with Crippen molar-refractivity contribution in [1.82, 2.24) is 5.32 Å². The van der Waals surface area contributed by atoms with Gasteiger partial charge in [-0.1, -0.05) is 6.92 Å². The lowest BCUT2D eigenvalue weighted by Gasteiger charge is -2.26. The second-order valence-corrected chi connectivity index (χ2v) is 3.41. The molecule has 0 aromatic heterocycles. The molecule has 0 saturated carbocycles. The molecule has 1 aliphatic rings. The van der Waals surface area contributed by atoms with E-state index in [1.165, 1.54) is 0 Å². The highest BCUT2D eigenvalue weighted by Crippen LogP contribution is 2.11. The molecule has 0 aromatic carbocycles. The fourth-order valence-corrected chi connectivity index (χ4v) is 1.32. The quantitative estimate of drug-likeness (QED) is 0.474. The summed E-state index contributed by atoms with van der Waals surface area (Å²) in [7, 11) is 0. The fraction of sp³-hybridized carbons (Fsp3) is 1.00. The molecule has 13 heavy (non-hydrogen) atoms. The minimum absolute atomic E-state index is 0.227. The maximum Gasteiger partial charge on any atom is 0.0966 e. The van der Waals surface area contributed by atoms with Crippen molar-refractivity contribution in [2.24, 2.45) is 5.73 Å². The third-order valence-corrected chi connectivity index (χ3v) is 2.16. The summed E-state index contributed by atoms with van der Waals surface area (Å²) in [5.41, 5.74) is 5.70. The molecule has 0 amide bonds. The van der Waals surface area contributed by atoms with Crippen LogP contribution in [-0.2, 0) is 9.47 Å². The molecule has 3 N–H and O–H groups in total. The van der Waals surface area contributed by atoms with Gasteiger partial charge >= 0.3 is 0 Å². The summed E-state index contributed by atoms with van der Waals surface area (Å²) < 4.78 is 10.9. The largest absolute Gasteiger partial charge is 0.374 e. The average molecular weight is 188 g/mol. The molecular formula is C9H20N2O2. The Morgan fingerprint density at radius 2 is 2.38 bits per heavy atom. The van der Waals surface area contributed by atoms with Crippen molar-refractivity contribution >= 4 is 0 Å². The zero-order chi connectivity index (χ0) is 9.52. The van der Waals surface area contributed by atoms with Crippen molar-refractivity contribution in [2.75, 3.05) is 26.5 Å². The first-order valence-electron chi connectivity index (χ1n) is 4.98. The first-order valence-corrected chi connectivity index (χ1v) is 4.98. The molecule has 0 spiro atoms. The van der Waals surface area contributed by atoms with Gasteiger partial charge in [-0.3, -0.25) is 5.32 Å². The zero-order valence-corrected chi connectivity index (χ0v) is 8.29.